The molecule has 1 atom stereocenters. The van der Waals surface area contributed by atoms with Gasteiger partial charge in [-0.1, -0.05) is 5.16 Å². The zero-order valence-corrected chi connectivity index (χ0v) is 14.1. The van der Waals surface area contributed by atoms with Crippen molar-refractivity contribution < 1.29 is 9.32 Å². The van der Waals surface area contributed by atoms with Crippen LogP contribution in [0.5, 0.6) is 0 Å². The van der Waals surface area contributed by atoms with Crippen molar-refractivity contribution in [2.45, 2.75) is 52.5 Å². The number of aryl methyl sites for hydroxylation is 3. The summed E-state index contributed by atoms with van der Waals surface area (Å²) in [4.78, 5) is 18.9. The minimum Gasteiger partial charge on any atom is -0.361 e. The first-order valence-electron chi connectivity index (χ1n) is 8.25. The predicted octanol–water partition coefficient (Wildman–Crippen LogP) is 2.59. The molecule has 0 aromatic carbocycles. The van der Waals surface area contributed by atoms with Gasteiger partial charge in [0, 0.05) is 37.5 Å². The third kappa shape index (κ3) is 3.30. The SMILES string of the molecule is Cc1noc(C)c1CCC(=O)N1CCCC(n2ccnc2C)C1. The molecule has 3 rings (SSSR count). The van der Waals surface area contributed by atoms with Gasteiger partial charge < -0.3 is 14.0 Å². The summed E-state index contributed by atoms with van der Waals surface area (Å²) in [6, 6.07) is 0.342. The number of carbonyl (C=O) groups excluding carboxylic acids is 1. The van der Waals surface area contributed by atoms with Crippen LogP contribution in [0.4, 0.5) is 0 Å². The molecule has 0 saturated carbocycles. The minimum absolute atomic E-state index is 0.215. The third-order valence-electron chi connectivity index (χ3n) is 4.78. The van der Waals surface area contributed by atoms with Gasteiger partial charge in [-0.15, -0.1) is 0 Å². The molecule has 1 saturated heterocycles. The first-order chi connectivity index (χ1) is 11.1. The Kier molecular flexibility index (Phi) is 4.50. The van der Waals surface area contributed by atoms with E-state index in [1.54, 1.807) is 0 Å². The lowest BCUT2D eigenvalue weighted by Gasteiger charge is -2.34. The smallest absolute Gasteiger partial charge is 0.222 e. The number of likely N-dealkylation sites (tertiary alicyclic amines) is 1. The van der Waals surface area contributed by atoms with Crippen LogP contribution in [0.1, 0.15) is 48.1 Å². The van der Waals surface area contributed by atoms with Crippen molar-refractivity contribution in [2.24, 2.45) is 0 Å². The number of carbonyl (C=O) groups is 1. The number of hydrogen-bond donors (Lipinski definition) is 0. The highest BCUT2D eigenvalue weighted by atomic mass is 16.5. The molecule has 1 amide bonds. The molecular formula is C17H24N4O2. The average molecular weight is 316 g/mol. The van der Waals surface area contributed by atoms with Gasteiger partial charge in [0.1, 0.15) is 11.6 Å². The molecule has 6 heteroatoms. The van der Waals surface area contributed by atoms with Crippen LogP contribution in [0, 0.1) is 20.8 Å². The molecule has 1 unspecified atom stereocenters. The van der Waals surface area contributed by atoms with E-state index in [9.17, 15) is 4.79 Å². The van der Waals surface area contributed by atoms with Crippen LogP contribution in [0.25, 0.3) is 0 Å². The fourth-order valence-electron chi connectivity index (χ4n) is 3.43. The first-order valence-corrected chi connectivity index (χ1v) is 8.25. The molecule has 1 aliphatic rings. The fourth-order valence-corrected chi connectivity index (χ4v) is 3.43. The summed E-state index contributed by atoms with van der Waals surface area (Å²) in [5, 5.41) is 3.95. The van der Waals surface area contributed by atoms with E-state index in [-0.39, 0.29) is 5.91 Å². The highest BCUT2D eigenvalue weighted by Crippen LogP contribution is 2.23. The highest BCUT2D eigenvalue weighted by Gasteiger charge is 2.25. The zero-order chi connectivity index (χ0) is 16.4. The Bertz CT molecular complexity index is 669. The minimum atomic E-state index is 0.215. The van der Waals surface area contributed by atoms with Gasteiger partial charge in [0.25, 0.3) is 0 Å². The van der Waals surface area contributed by atoms with Crippen LogP contribution in [0.2, 0.25) is 0 Å². The Morgan fingerprint density at radius 1 is 1.39 bits per heavy atom. The van der Waals surface area contributed by atoms with Gasteiger partial charge in [-0.2, -0.15) is 0 Å². The molecule has 1 fully saturated rings. The van der Waals surface area contributed by atoms with Crippen molar-refractivity contribution >= 4 is 5.91 Å². The Labute approximate surface area is 136 Å². The molecule has 3 heterocycles. The Hall–Kier alpha value is -2.11. The van der Waals surface area contributed by atoms with Crippen LogP contribution in [0.15, 0.2) is 16.9 Å². The van der Waals surface area contributed by atoms with Crippen molar-refractivity contribution in [3.05, 3.63) is 35.2 Å². The number of amides is 1. The summed E-state index contributed by atoms with van der Waals surface area (Å²) in [5.41, 5.74) is 1.96. The monoisotopic (exact) mass is 316 g/mol. The molecule has 0 bridgehead atoms. The summed E-state index contributed by atoms with van der Waals surface area (Å²) in [5.74, 6) is 2.05. The first kappa shape index (κ1) is 15.8. The number of rotatable bonds is 4. The van der Waals surface area contributed by atoms with Crippen molar-refractivity contribution in [3.8, 4) is 0 Å². The molecule has 124 valence electrons. The maximum atomic E-state index is 12.6. The molecule has 2 aromatic rings. The van der Waals surface area contributed by atoms with Gasteiger partial charge in [-0.3, -0.25) is 4.79 Å². The lowest BCUT2D eigenvalue weighted by atomic mass is 10.0. The van der Waals surface area contributed by atoms with Gasteiger partial charge in [0.2, 0.25) is 5.91 Å². The molecule has 0 aliphatic carbocycles. The molecule has 0 radical (unpaired) electrons. The molecular weight excluding hydrogens is 292 g/mol. The van der Waals surface area contributed by atoms with E-state index in [0.29, 0.717) is 18.9 Å². The standard InChI is InChI=1S/C17H24N4O2/c1-12-16(13(2)23-19-12)6-7-17(22)20-9-4-5-15(11-20)21-10-8-18-14(21)3/h8,10,15H,4-7,9,11H2,1-3H3. The number of aromatic nitrogens is 3. The number of piperidine rings is 1. The van der Waals surface area contributed by atoms with Crippen LogP contribution in [-0.2, 0) is 11.2 Å². The van der Waals surface area contributed by atoms with E-state index < -0.39 is 0 Å². The second-order valence-electron chi connectivity index (χ2n) is 6.32. The molecule has 6 nitrogen and oxygen atoms in total. The summed E-state index contributed by atoms with van der Waals surface area (Å²) >= 11 is 0. The number of hydrogen-bond acceptors (Lipinski definition) is 4. The molecule has 0 spiro atoms. The normalized spacial score (nSPS) is 18.4. The summed E-state index contributed by atoms with van der Waals surface area (Å²) in [6.07, 6.45) is 7.19. The van der Waals surface area contributed by atoms with Crippen molar-refractivity contribution in [1.82, 2.24) is 19.6 Å². The maximum Gasteiger partial charge on any atom is 0.222 e. The molecule has 2 aromatic heterocycles. The van der Waals surface area contributed by atoms with Crippen LogP contribution in [-0.4, -0.2) is 38.6 Å². The lowest BCUT2D eigenvalue weighted by Crippen LogP contribution is -2.40. The Balaban J connectivity index is 1.60. The van der Waals surface area contributed by atoms with E-state index >= 15 is 0 Å². The van der Waals surface area contributed by atoms with E-state index in [4.69, 9.17) is 4.52 Å². The van der Waals surface area contributed by atoms with E-state index in [2.05, 4.69) is 14.7 Å². The fraction of sp³-hybridized carbons (Fsp3) is 0.588. The summed E-state index contributed by atoms with van der Waals surface area (Å²) < 4.78 is 7.36. The van der Waals surface area contributed by atoms with E-state index in [1.807, 2.05) is 38.1 Å². The largest absolute Gasteiger partial charge is 0.361 e. The van der Waals surface area contributed by atoms with Crippen LogP contribution < -0.4 is 0 Å². The summed E-state index contributed by atoms with van der Waals surface area (Å²) in [6.45, 7) is 7.47. The molecule has 0 N–H and O–H groups in total. The Morgan fingerprint density at radius 3 is 2.87 bits per heavy atom. The van der Waals surface area contributed by atoms with E-state index in [1.165, 1.54) is 0 Å². The number of imidazole rings is 1. The maximum absolute atomic E-state index is 12.6. The topological polar surface area (TPSA) is 64.2 Å². The van der Waals surface area contributed by atoms with Gasteiger partial charge in [0.15, 0.2) is 0 Å². The predicted molar refractivity (Wildman–Crippen MR) is 86.1 cm³/mol. The lowest BCUT2D eigenvalue weighted by molar-refractivity contribution is -0.132. The van der Waals surface area contributed by atoms with Crippen LogP contribution in [0.3, 0.4) is 0 Å². The van der Waals surface area contributed by atoms with Crippen molar-refractivity contribution in [2.75, 3.05) is 13.1 Å². The van der Waals surface area contributed by atoms with Crippen molar-refractivity contribution in [1.29, 1.82) is 0 Å². The van der Waals surface area contributed by atoms with Gasteiger partial charge in [-0.25, -0.2) is 4.98 Å². The van der Waals surface area contributed by atoms with E-state index in [0.717, 1.165) is 48.8 Å². The van der Waals surface area contributed by atoms with Crippen LogP contribution >= 0.6 is 0 Å². The highest BCUT2D eigenvalue weighted by molar-refractivity contribution is 5.76. The van der Waals surface area contributed by atoms with Crippen molar-refractivity contribution in [3.63, 3.8) is 0 Å². The molecule has 23 heavy (non-hydrogen) atoms. The third-order valence-corrected chi connectivity index (χ3v) is 4.78. The Morgan fingerprint density at radius 2 is 2.22 bits per heavy atom. The molecule has 1 aliphatic heterocycles. The average Bonchev–Trinajstić information content (AvgIpc) is 3.11. The summed E-state index contributed by atoms with van der Waals surface area (Å²) in [7, 11) is 0. The zero-order valence-electron chi connectivity index (χ0n) is 14.1. The van der Waals surface area contributed by atoms with Gasteiger partial charge in [-0.05, 0) is 40.0 Å². The van der Waals surface area contributed by atoms with Gasteiger partial charge in [0.05, 0.1) is 11.7 Å². The van der Waals surface area contributed by atoms with Gasteiger partial charge >= 0.3 is 0 Å². The second-order valence-corrected chi connectivity index (χ2v) is 6.32. The number of nitrogens with zero attached hydrogens (tertiary/aromatic N) is 4. The second kappa shape index (κ2) is 6.56. The quantitative estimate of drug-likeness (QED) is 0.869.